The Labute approximate surface area is 229 Å². The van der Waals surface area contributed by atoms with E-state index in [4.69, 9.17) is 32.7 Å². The zero-order valence-electron chi connectivity index (χ0n) is 20.3. The van der Waals surface area contributed by atoms with Crippen LogP contribution < -0.4 is 9.47 Å². The van der Waals surface area contributed by atoms with Crippen molar-refractivity contribution in [2.45, 2.75) is 26.9 Å². The molecule has 0 unspecified atom stereocenters. The maximum absolute atomic E-state index is 13.5. The minimum atomic E-state index is -0.339. The quantitative estimate of drug-likeness (QED) is 0.249. The predicted octanol–water partition coefficient (Wildman–Crippen LogP) is 8.12. The van der Waals surface area contributed by atoms with Gasteiger partial charge in [-0.3, -0.25) is 9.69 Å². The van der Waals surface area contributed by atoms with Gasteiger partial charge in [-0.15, -0.1) is 0 Å². The van der Waals surface area contributed by atoms with E-state index in [9.17, 15) is 9.18 Å². The number of amidine groups is 1. The van der Waals surface area contributed by atoms with Gasteiger partial charge in [-0.1, -0.05) is 42.3 Å². The van der Waals surface area contributed by atoms with Gasteiger partial charge in [0.25, 0.3) is 5.91 Å². The van der Waals surface area contributed by atoms with E-state index in [-0.39, 0.29) is 18.3 Å². The van der Waals surface area contributed by atoms with Gasteiger partial charge in [0.1, 0.15) is 12.4 Å². The van der Waals surface area contributed by atoms with Gasteiger partial charge in [-0.25, -0.2) is 9.38 Å². The summed E-state index contributed by atoms with van der Waals surface area (Å²) in [6.07, 6.45) is 2.56. The first-order valence-electron chi connectivity index (χ1n) is 11.8. The highest BCUT2D eigenvalue weighted by Gasteiger charge is 2.33. The summed E-state index contributed by atoms with van der Waals surface area (Å²) in [5, 5.41) is 1.55. The van der Waals surface area contributed by atoms with Gasteiger partial charge in [0, 0.05) is 11.6 Å². The molecular weight excluding hydrogens is 534 g/mol. The number of amides is 1. The fourth-order valence-corrected chi connectivity index (χ4v) is 5.07. The molecule has 0 bridgehead atoms. The number of hydrogen-bond donors (Lipinski definition) is 0. The van der Waals surface area contributed by atoms with Crippen LogP contribution in [0.2, 0.25) is 10.0 Å². The van der Waals surface area contributed by atoms with Crippen molar-refractivity contribution < 1.29 is 18.7 Å². The Bertz CT molecular complexity index is 1350. The van der Waals surface area contributed by atoms with E-state index in [0.29, 0.717) is 61.6 Å². The summed E-state index contributed by atoms with van der Waals surface area (Å²) < 4.78 is 25.2. The van der Waals surface area contributed by atoms with Gasteiger partial charge in [0.15, 0.2) is 16.7 Å². The molecule has 1 heterocycles. The van der Waals surface area contributed by atoms with Gasteiger partial charge >= 0.3 is 0 Å². The number of thioether (sulfide) groups is 1. The number of benzene rings is 3. The summed E-state index contributed by atoms with van der Waals surface area (Å²) in [7, 11) is 0. The lowest BCUT2D eigenvalue weighted by Gasteiger charge is -2.15. The van der Waals surface area contributed by atoms with E-state index in [1.165, 1.54) is 23.9 Å². The molecule has 37 heavy (non-hydrogen) atoms. The smallest absolute Gasteiger partial charge is 0.266 e. The average Bonchev–Trinajstić information content (AvgIpc) is 3.14. The molecule has 4 rings (SSSR count). The number of nitrogens with zero attached hydrogens (tertiary/aromatic N) is 2. The Balaban J connectivity index is 1.62. The standard InChI is InChI=1S/C28H25Cl2FN2O3S/c1-3-12-33-27(34)25(37-28(33)32-22-10-8-20(29)9-11-22)16-19-14-23(30)26(24(15-19)35-4-2)36-17-18-6-5-7-21(31)13-18/h5-11,13-16H,3-4,12,17H2,1-2H3/b25-16-,32-28?. The summed E-state index contributed by atoms with van der Waals surface area (Å²) in [5.41, 5.74) is 2.07. The van der Waals surface area contributed by atoms with Crippen molar-refractivity contribution in [3.63, 3.8) is 0 Å². The largest absolute Gasteiger partial charge is 0.490 e. The van der Waals surface area contributed by atoms with Crippen LogP contribution in [0.1, 0.15) is 31.4 Å². The van der Waals surface area contributed by atoms with E-state index in [1.54, 1.807) is 47.4 Å². The first kappa shape index (κ1) is 27.0. The molecule has 0 saturated carbocycles. The molecule has 1 saturated heterocycles. The lowest BCUT2D eigenvalue weighted by molar-refractivity contribution is -0.122. The molecule has 1 amide bonds. The number of ether oxygens (including phenoxy) is 2. The Morgan fingerprint density at radius 1 is 1.05 bits per heavy atom. The maximum Gasteiger partial charge on any atom is 0.266 e. The molecule has 192 valence electrons. The van der Waals surface area contributed by atoms with Crippen molar-refractivity contribution in [1.82, 2.24) is 4.90 Å². The van der Waals surface area contributed by atoms with Crippen LogP contribution in [0, 0.1) is 5.82 Å². The number of rotatable bonds is 9. The van der Waals surface area contributed by atoms with Crippen molar-refractivity contribution >= 4 is 57.8 Å². The van der Waals surface area contributed by atoms with E-state index < -0.39 is 0 Å². The second kappa shape index (κ2) is 12.5. The summed E-state index contributed by atoms with van der Waals surface area (Å²) in [6, 6.07) is 16.8. The topological polar surface area (TPSA) is 51.1 Å². The zero-order valence-corrected chi connectivity index (χ0v) is 22.7. The molecule has 3 aromatic rings. The van der Waals surface area contributed by atoms with Gasteiger partial charge in [-0.05, 0) is 90.8 Å². The number of hydrogen-bond acceptors (Lipinski definition) is 5. The molecule has 5 nitrogen and oxygen atoms in total. The molecule has 0 aliphatic carbocycles. The fourth-order valence-electron chi connectivity index (χ4n) is 3.65. The molecule has 0 atom stereocenters. The average molecular weight is 559 g/mol. The van der Waals surface area contributed by atoms with Crippen molar-refractivity contribution in [3.8, 4) is 11.5 Å². The molecule has 3 aromatic carbocycles. The lowest BCUT2D eigenvalue weighted by atomic mass is 10.1. The first-order chi connectivity index (χ1) is 17.9. The summed E-state index contributed by atoms with van der Waals surface area (Å²) in [4.78, 5) is 20.1. The van der Waals surface area contributed by atoms with E-state index in [2.05, 4.69) is 4.99 Å². The molecule has 1 aliphatic rings. The number of aliphatic imine (C=N–C) groups is 1. The Kier molecular flexibility index (Phi) is 9.14. The number of carbonyl (C=O) groups is 1. The number of carbonyl (C=O) groups excluding carboxylic acids is 1. The van der Waals surface area contributed by atoms with Crippen molar-refractivity contribution in [2.24, 2.45) is 4.99 Å². The van der Waals surface area contributed by atoms with E-state index >= 15 is 0 Å². The lowest BCUT2D eigenvalue weighted by Crippen LogP contribution is -2.29. The molecule has 1 aliphatic heterocycles. The SMILES string of the molecule is CCCN1C(=O)/C(=C/c2cc(Cl)c(OCc3cccc(F)c3)c(OCC)c2)SC1=Nc1ccc(Cl)cc1. The molecule has 0 aromatic heterocycles. The third-order valence-electron chi connectivity index (χ3n) is 5.29. The van der Waals surface area contributed by atoms with Crippen LogP contribution in [-0.2, 0) is 11.4 Å². The summed E-state index contributed by atoms with van der Waals surface area (Å²) in [6.45, 7) is 4.93. The Morgan fingerprint density at radius 2 is 1.84 bits per heavy atom. The third kappa shape index (κ3) is 6.86. The molecule has 0 N–H and O–H groups in total. The van der Waals surface area contributed by atoms with Crippen LogP contribution in [0.3, 0.4) is 0 Å². The Morgan fingerprint density at radius 3 is 2.54 bits per heavy atom. The minimum Gasteiger partial charge on any atom is -0.490 e. The van der Waals surface area contributed by atoms with E-state index in [1.807, 2.05) is 26.0 Å². The van der Waals surface area contributed by atoms with Gasteiger partial charge in [-0.2, -0.15) is 0 Å². The molecule has 0 spiro atoms. The van der Waals surface area contributed by atoms with Crippen LogP contribution in [-0.4, -0.2) is 29.1 Å². The van der Waals surface area contributed by atoms with Crippen LogP contribution >= 0.6 is 35.0 Å². The highest BCUT2D eigenvalue weighted by atomic mass is 35.5. The highest BCUT2D eigenvalue weighted by molar-refractivity contribution is 8.18. The minimum absolute atomic E-state index is 0.125. The normalized spacial score (nSPS) is 15.6. The second-order valence-electron chi connectivity index (χ2n) is 8.12. The molecule has 9 heteroatoms. The van der Waals surface area contributed by atoms with Crippen molar-refractivity contribution in [1.29, 1.82) is 0 Å². The van der Waals surface area contributed by atoms with Gasteiger partial charge in [0.2, 0.25) is 0 Å². The van der Waals surface area contributed by atoms with Crippen LogP contribution in [0.5, 0.6) is 11.5 Å². The van der Waals surface area contributed by atoms with Gasteiger partial charge < -0.3 is 9.47 Å². The molecule has 1 fully saturated rings. The second-order valence-corrected chi connectivity index (χ2v) is 9.97. The van der Waals surface area contributed by atoms with Crippen molar-refractivity contribution in [2.75, 3.05) is 13.2 Å². The third-order valence-corrected chi connectivity index (χ3v) is 6.83. The maximum atomic E-state index is 13.5. The monoisotopic (exact) mass is 558 g/mol. The fraction of sp³-hybridized carbons (Fsp3) is 0.214. The zero-order chi connectivity index (χ0) is 26.4. The predicted molar refractivity (Wildman–Crippen MR) is 149 cm³/mol. The Hall–Kier alpha value is -3.00. The van der Waals surface area contributed by atoms with E-state index in [0.717, 1.165) is 6.42 Å². The van der Waals surface area contributed by atoms with Crippen molar-refractivity contribution in [3.05, 3.63) is 92.6 Å². The van der Waals surface area contributed by atoms with Gasteiger partial charge in [0.05, 0.1) is 22.2 Å². The van der Waals surface area contributed by atoms with Crippen LogP contribution in [0.15, 0.2) is 70.6 Å². The van der Waals surface area contributed by atoms with Crippen LogP contribution in [0.4, 0.5) is 10.1 Å². The summed E-state index contributed by atoms with van der Waals surface area (Å²) >= 11 is 13.9. The molecule has 0 radical (unpaired) electrons. The number of halogens is 3. The first-order valence-corrected chi connectivity index (χ1v) is 13.3. The molecular formula is C28H25Cl2FN2O3S. The highest BCUT2D eigenvalue weighted by Crippen LogP contribution is 2.40. The van der Waals surface area contributed by atoms with Crippen LogP contribution in [0.25, 0.3) is 6.08 Å². The summed E-state index contributed by atoms with van der Waals surface area (Å²) in [5.74, 6) is 0.334.